The van der Waals surface area contributed by atoms with Crippen LogP contribution in [0.1, 0.15) is 11.1 Å². The summed E-state index contributed by atoms with van der Waals surface area (Å²) in [5.74, 6) is 0. The molecule has 0 atom stereocenters. The van der Waals surface area contributed by atoms with E-state index in [1.165, 1.54) is 21.8 Å². The van der Waals surface area contributed by atoms with Crippen molar-refractivity contribution >= 4 is 43.6 Å². The van der Waals surface area contributed by atoms with E-state index in [-0.39, 0.29) is 0 Å². The standard InChI is InChI=1S/C44H26N4/c45-27-29-20-25-37(43(26-29)48-41-18-8-5-15-38(41)44-31(28-46)10-9-19-42(44)48)34-12-2-1-11-33(34)30-21-23-32(24-22-30)47-39-16-6-3-13-35(39)36-14-4-7-17-40(36)47/h1-26H. The van der Waals surface area contributed by atoms with Gasteiger partial charge in [0.25, 0.3) is 0 Å². The van der Waals surface area contributed by atoms with Crippen LogP contribution >= 0.6 is 0 Å². The lowest BCUT2D eigenvalue weighted by atomic mass is 9.92. The number of aromatic nitrogens is 2. The van der Waals surface area contributed by atoms with E-state index in [2.05, 4.69) is 137 Å². The molecular weight excluding hydrogens is 585 g/mol. The maximum Gasteiger partial charge on any atom is 0.0998 e. The molecule has 7 aromatic carbocycles. The zero-order chi connectivity index (χ0) is 32.2. The zero-order valence-electron chi connectivity index (χ0n) is 25.8. The number of nitrogens with zero attached hydrogens (tertiary/aromatic N) is 4. The molecule has 0 N–H and O–H groups in total. The number of hydrogen-bond acceptors (Lipinski definition) is 2. The fourth-order valence-corrected chi connectivity index (χ4v) is 7.35. The van der Waals surface area contributed by atoms with Crippen molar-refractivity contribution in [1.82, 2.24) is 9.13 Å². The van der Waals surface area contributed by atoms with Crippen molar-refractivity contribution in [1.29, 1.82) is 10.5 Å². The van der Waals surface area contributed by atoms with Crippen LogP contribution in [0.5, 0.6) is 0 Å². The van der Waals surface area contributed by atoms with Gasteiger partial charge >= 0.3 is 0 Å². The molecule has 0 spiro atoms. The molecule has 0 saturated heterocycles. The van der Waals surface area contributed by atoms with Crippen LogP contribution < -0.4 is 0 Å². The van der Waals surface area contributed by atoms with Gasteiger partial charge in [-0.05, 0) is 71.3 Å². The molecule has 0 amide bonds. The summed E-state index contributed by atoms with van der Waals surface area (Å²) in [6.07, 6.45) is 0. The second kappa shape index (κ2) is 10.9. The molecule has 2 heterocycles. The van der Waals surface area contributed by atoms with Crippen LogP contribution in [0.2, 0.25) is 0 Å². The Balaban J connectivity index is 1.24. The Morgan fingerprint density at radius 3 is 1.67 bits per heavy atom. The molecular formula is C44H26N4. The van der Waals surface area contributed by atoms with E-state index in [0.29, 0.717) is 11.1 Å². The predicted molar refractivity (Wildman–Crippen MR) is 195 cm³/mol. The molecule has 4 heteroatoms. The number of fused-ring (bicyclic) bond motifs is 6. The minimum Gasteiger partial charge on any atom is -0.309 e. The first-order valence-electron chi connectivity index (χ1n) is 15.9. The summed E-state index contributed by atoms with van der Waals surface area (Å²) in [7, 11) is 0. The van der Waals surface area contributed by atoms with Gasteiger partial charge < -0.3 is 9.13 Å². The molecule has 0 fully saturated rings. The second-order valence-electron chi connectivity index (χ2n) is 12.0. The normalized spacial score (nSPS) is 11.3. The minimum atomic E-state index is 0.573. The Labute approximate surface area is 277 Å². The van der Waals surface area contributed by atoms with E-state index in [9.17, 15) is 10.5 Å². The van der Waals surface area contributed by atoms with Crippen molar-refractivity contribution in [3.05, 3.63) is 169 Å². The van der Waals surface area contributed by atoms with E-state index >= 15 is 0 Å². The average molecular weight is 611 g/mol. The molecule has 2 aromatic heterocycles. The van der Waals surface area contributed by atoms with E-state index in [4.69, 9.17) is 0 Å². The maximum atomic E-state index is 10.0. The molecule has 48 heavy (non-hydrogen) atoms. The first-order chi connectivity index (χ1) is 23.7. The molecule has 0 saturated carbocycles. The van der Waals surface area contributed by atoms with E-state index < -0.39 is 0 Å². The van der Waals surface area contributed by atoms with Crippen LogP contribution in [0, 0.1) is 22.7 Å². The van der Waals surface area contributed by atoms with Gasteiger partial charge in [-0.15, -0.1) is 0 Å². The third-order valence-corrected chi connectivity index (χ3v) is 9.42. The van der Waals surface area contributed by atoms with Gasteiger partial charge in [0.2, 0.25) is 0 Å². The third-order valence-electron chi connectivity index (χ3n) is 9.42. The summed E-state index contributed by atoms with van der Waals surface area (Å²) in [5, 5.41) is 24.4. The van der Waals surface area contributed by atoms with Gasteiger partial charge in [-0.25, -0.2) is 0 Å². The second-order valence-corrected chi connectivity index (χ2v) is 12.0. The fraction of sp³-hybridized carbons (Fsp3) is 0. The molecule has 0 aliphatic heterocycles. The maximum absolute atomic E-state index is 10.0. The van der Waals surface area contributed by atoms with Gasteiger partial charge in [0.05, 0.1) is 51.0 Å². The van der Waals surface area contributed by atoms with Crippen molar-refractivity contribution in [2.75, 3.05) is 0 Å². The lowest BCUT2D eigenvalue weighted by Crippen LogP contribution is -1.99. The molecule has 4 nitrogen and oxygen atoms in total. The monoisotopic (exact) mass is 610 g/mol. The summed E-state index contributed by atoms with van der Waals surface area (Å²) in [6.45, 7) is 0. The van der Waals surface area contributed by atoms with E-state index in [0.717, 1.165) is 55.4 Å². The van der Waals surface area contributed by atoms with Crippen LogP contribution in [0.3, 0.4) is 0 Å². The van der Waals surface area contributed by atoms with Crippen molar-refractivity contribution in [3.63, 3.8) is 0 Å². The Hall–Kier alpha value is -6.88. The molecule has 0 aliphatic carbocycles. The fourth-order valence-electron chi connectivity index (χ4n) is 7.35. The Morgan fingerprint density at radius 1 is 0.417 bits per heavy atom. The molecule has 9 aromatic rings. The summed E-state index contributed by atoms with van der Waals surface area (Å²) in [6, 6.07) is 59.0. The number of benzene rings is 7. The highest BCUT2D eigenvalue weighted by Gasteiger charge is 2.20. The van der Waals surface area contributed by atoms with Crippen molar-refractivity contribution in [2.45, 2.75) is 0 Å². The lowest BCUT2D eigenvalue weighted by Gasteiger charge is -2.18. The van der Waals surface area contributed by atoms with Gasteiger partial charge in [0.1, 0.15) is 0 Å². The predicted octanol–water partition coefficient (Wildman–Crippen LogP) is 11.0. The Kier molecular flexibility index (Phi) is 6.22. The van der Waals surface area contributed by atoms with Gasteiger partial charge in [-0.1, -0.05) is 103 Å². The molecule has 0 radical (unpaired) electrons. The van der Waals surface area contributed by atoms with Gasteiger partial charge in [0, 0.05) is 32.8 Å². The highest BCUT2D eigenvalue weighted by atomic mass is 15.0. The Morgan fingerprint density at radius 2 is 1.00 bits per heavy atom. The number of nitriles is 2. The zero-order valence-corrected chi connectivity index (χ0v) is 25.8. The molecule has 222 valence electrons. The third kappa shape index (κ3) is 4.07. The smallest absolute Gasteiger partial charge is 0.0998 e. The molecule has 0 bridgehead atoms. The summed E-state index contributed by atoms with van der Waals surface area (Å²) in [5.41, 5.74) is 11.7. The van der Waals surface area contributed by atoms with Crippen molar-refractivity contribution < 1.29 is 0 Å². The average Bonchev–Trinajstić information content (AvgIpc) is 3.68. The van der Waals surface area contributed by atoms with Gasteiger partial charge in [-0.2, -0.15) is 10.5 Å². The largest absolute Gasteiger partial charge is 0.309 e. The molecule has 9 rings (SSSR count). The van der Waals surface area contributed by atoms with Crippen LogP contribution in [-0.2, 0) is 0 Å². The highest BCUT2D eigenvalue weighted by molar-refractivity contribution is 6.12. The summed E-state index contributed by atoms with van der Waals surface area (Å²) < 4.78 is 4.53. The number of hydrogen-bond donors (Lipinski definition) is 0. The quantitative estimate of drug-likeness (QED) is 0.199. The topological polar surface area (TPSA) is 57.4 Å². The number of para-hydroxylation sites is 3. The van der Waals surface area contributed by atoms with E-state index in [1.54, 1.807) is 0 Å². The van der Waals surface area contributed by atoms with Crippen LogP contribution in [-0.4, -0.2) is 9.13 Å². The van der Waals surface area contributed by atoms with Gasteiger partial charge in [-0.3, -0.25) is 0 Å². The Bertz CT molecular complexity index is 2750. The lowest BCUT2D eigenvalue weighted by molar-refractivity contribution is 1.18. The summed E-state index contributed by atoms with van der Waals surface area (Å²) in [4.78, 5) is 0. The van der Waals surface area contributed by atoms with Crippen molar-refractivity contribution in [3.8, 4) is 45.8 Å². The van der Waals surface area contributed by atoms with Crippen LogP contribution in [0.15, 0.2) is 158 Å². The van der Waals surface area contributed by atoms with Gasteiger partial charge in [0.15, 0.2) is 0 Å². The van der Waals surface area contributed by atoms with Crippen molar-refractivity contribution in [2.24, 2.45) is 0 Å². The van der Waals surface area contributed by atoms with Crippen LogP contribution in [0.4, 0.5) is 0 Å². The minimum absolute atomic E-state index is 0.573. The van der Waals surface area contributed by atoms with E-state index in [1.807, 2.05) is 42.5 Å². The molecule has 0 unspecified atom stereocenters. The van der Waals surface area contributed by atoms with Crippen LogP contribution in [0.25, 0.3) is 77.2 Å². The number of rotatable bonds is 4. The SMILES string of the molecule is N#Cc1ccc(-c2ccccc2-c2ccc(-n3c4ccccc4c4ccccc43)cc2)c(-n2c3ccccc3c3c(C#N)cccc32)c1. The summed E-state index contributed by atoms with van der Waals surface area (Å²) >= 11 is 0. The first-order valence-corrected chi connectivity index (χ1v) is 15.9. The molecule has 0 aliphatic rings. The highest BCUT2D eigenvalue weighted by Crippen LogP contribution is 2.41. The first kappa shape index (κ1) is 27.4.